The van der Waals surface area contributed by atoms with Crippen LogP contribution in [0.1, 0.15) is 83.6 Å². The topological polar surface area (TPSA) is 40.5 Å². The summed E-state index contributed by atoms with van der Waals surface area (Å²) in [6, 6.07) is 5.54. The molecule has 0 radical (unpaired) electrons. The van der Waals surface area contributed by atoms with Crippen molar-refractivity contribution in [2.75, 3.05) is 0 Å². The van der Waals surface area contributed by atoms with Gasteiger partial charge in [-0.05, 0) is 123 Å². The van der Waals surface area contributed by atoms with E-state index >= 15 is 0 Å². The van der Waals surface area contributed by atoms with Crippen LogP contribution in [0.15, 0.2) is 24.3 Å². The number of hydrogen-bond acceptors (Lipinski definition) is 2. The SMILES string of the molecule is C[C@]12CC[C@H]3[C@@H](CCC4C[C@@H](O)CC[C@@]43C)[C@@H]1CC[C@@H]2C(O)(CCc1ccc(F)cc1)C(F)(F)F. The lowest BCUT2D eigenvalue weighted by atomic mass is 9.44. The summed E-state index contributed by atoms with van der Waals surface area (Å²) in [5.41, 5.74) is -2.49. The monoisotopic (exact) mass is 496 g/mol. The molecule has 1 aromatic carbocycles. The van der Waals surface area contributed by atoms with E-state index in [1.165, 1.54) is 24.3 Å². The summed E-state index contributed by atoms with van der Waals surface area (Å²) in [4.78, 5) is 0. The highest BCUT2D eigenvalue weighted by molar-refractivity contribution is 5.18. The Kier molecular flexibility index (Phi) is 6.35. The van der Waals surface area contributed by atoms with Crippen LogP contribution in [0.5, 0.6) is 0 Å². The van der Waals surface area contributed by atoms with Crippen molar-refractivity contribution in [2.45, 2.75) is 102 Å². The molecule has 1 aromatic rings. The minimum atomic E-state index is -4.71. The van der Waals surface area contributed by atoms with Gasteiger partial charge in [0.25, 0.3) is 0 Å². The van der Waals surface area contributed by atoms with Gasteiger partial charge in [-0.3, -0.25) is 0 Å². The van der Waals surface area contributed by atoms with Gasteiger partial charge in [0.1, 0.15) is 5.82 Å². The Hall–Kier alpha value is -1.14. The number of benzene rings is 1. The Labute approximate surface area is 206 Å². The van der Waals surface area contributed by atoms with E-state index in [1.807, 2.05) is 6.92 Å². The fourth-order valence-electron chi connectivity index (χ4n) is 9.52. The van der Waals surface area contributed by atoms with Crippen LogP contribution in [0.3, 0.4) is 0 Å². The second-order valence-corrected chi connectivity index (χ2v) is 12.8. The summed E-state index contributed by atoms with van der Waals surface area (Å²) in [6.45, 7) is 4.41. The second-order valence-electron chi connectivity index (χ2n) is 12.8. The third-order valence-corrected chi connectivity index (χ3v) is 11.4. The van der Waals surface area contributed by atoms with E-state index in [-0.39, 0.29) is 30.3 Å². The molecule has 6 heteroatoms. The van der Waals surface area contributed by atoms with Crippen molar-refractivity contribution in [1.29, 1.82) is 0 Å². The highest BCUT2D eigenvalue weighted by Crippen LogP contribution is 2.69. The van der Waals surface area contributed by atoms with Crippen molar-refractivity contribution in [3.8, 4) is 0 Å². The lowest BCUT2D eigenvalue weighted by Crippen LogP contribution is -2.59. The Balaban J connectivity index is 1.39. The van der Waals surface area contributed by atoms with Crippen LogP contribution < -0.4 is 0 Å². The zero-order valence-electron chi connectivity index (χ0n) is 21.0. The van der Waals surface area contributed by atoms with Gasteiger partial charge >= 0.3 is 6.18 Å². The van der Waals surface area contributed by atoms with Crippen LogP contribution in [-0.4, -0.2) is 28.1 Å². The zero-order valence-corrected chi connectivity index (χ0v) is 21.0. The first-order valence-electron chi connectivity index (χ1n) is 13.6. The molecule has 0 aliphatic heterocycles. The molecule has 2 nitrogen and oxygen atoms in total. The maximum atomic E-state index is 14.6. The fourth-order valence-corrected chi connectivity index (χ4v) is 9.52. The molecule has 4 saturated carbocycles. The Morgan fingerprint density at radius 1 is 0.886 bits per heavy atom. The van der Waals surface area contributed by atoms with Crippen molar-refractivity contribution in [3.63, 3.8) is 0 Å². The fraction of sp³-hybridized carbons (Fsp3) is 0.793. The summed E-state index contributed by atoms with van der Waals surface area (Å²) in [5, 5.41) is 21.6. The van der Waals surface area contributed by atoms with E-state index in [0.717, 1.165) is 51.4 Å². The Bertz CT molecular complexity index is 916. The molecular formula is C29H40F4O2. The smallest absolute Gasteiger partial charge is 0.393 e. The third-order valence-electron chi connectivity index (χ3n) is 11.4. The molecule has 2 N–H and O–H groups in total. The number of aliphatic hydroxyl groups is 2. The van der Waals surface area contributed by atoms with Gasteiger partial charge in [-0.25, -0.2) is 4.39 Å². The van der Waals surface area contributed by atoms with Gasteiger partial charge in [0.05, 0.1) is 6.10 Å². The van der Waals surface area contributed by atoms with E-state index in [2.05, 4.69) is 6.92 Å². The van der Waals surface area contributed by atoms with Gasteiger partial charge in [0.15, 0.2) is 5.60 Å². The van der Waals surface area contributed by atoms with Gasteiger partial charge in [-0.2, -0.15) is 13.2 Å². The molecule has 0 spiro atoms. The number of halogens is 4. The number of hydrogen-bond donors (Lipinski definition) is 2. The third kappa shape index (κ3) is 4.05. The van der Waals surface area contributed by atoms with Crippen LogP contribution in [0.2, 0.25) is 0 Å². The van der Waals surface area contributed by atoms with Crippen LogP contribution in [0, 0.1) is 46.2 Å². The molecule has 9 atom stereocenters. The van der Waals surface area contributed by atoms with Crippen molar-refractivity contribution in [1.82, 2.24) is 0 Å². The summed E-state index contributed by atoms with van der Waals surface area (Å²) in [6.07, 6.45) is 2.35. The van der Waals surface area contributed by atoms with E-state index < -0.39 is 28.9 Å². The molecule has 35 heavy (non-hydrogen) atoms. The first-order valence-corrected chi connectivity index (χ1v) is 13.6. The second kappa shape index (κ2) is 8.72. The molecule has 4 fully saturated rings. The number of aliphatic hydroxyl groups excluding tert-OH is 1. The Morgan fingerprint density at radius 2 is 1.54 bits per heavy atom. The lowest BCUT2D eigenvalue weighted by Gasteiger charge is -2.61. The van der Waals surface area contributed by atoms with Gasteiger partial charge in [-0.1, -0.05) is 26.0 Å². The average molecular weight is 497 g/mol. The maximum Gasteiger partial charge on any atom is 0.417 e. The summed E-state index contributed by atoms with van der Waals surface area (Å²) in [5.74, 6) is 0.389. The maximum absolute atomic E-state index is 14.6. The molecule has 4 aliphatic rings. The van der Waals surface area contributed by atoms with Crippen LogP contribution in [0.25, 0.3) is 0 Å². The van der Waals surface area contributed by atoms with E-state index in [9.17, 15) is 27.8 Å². The minimum absolute atomic E-state index is 0.0711. The largest absolute Gasteiger partial charge is 0.417 e. The van der Waals surface area contributed by atoms with Gasteiger partial charge in [0.2, 0.25) is 0 Å². The number of alkyl halides is 3. The van der Waals surface area contributed by atoms with Gasteiger partial charge in [0, 0.05) is 5.92 Å². The van der Waals surface area contributed by atoms with E-state index in [0.29, 0.717) is 29.7 Å². The standard InChI is InChI=1S/C29H40F4O2/c1-26-14-12-21(34)17-19(26)5-8-22-23-9-10-25(27(23,2)15-13-24(22)26)28(35,29(31,32)33)16-11-18-3-6-20(30)7-4-18/h3-4,6-7,19,21-25,34-35H,5,8-17H2,1-2H3/t19?,21-,22-,23-,24-,25-,26-,27-,28?/m0/s1. The normalized spacial score (nSPS) is 43.1. The molecule has 0 heterocycles. The molecule has 0 bridgehead atoms. The van der Waals surface area contributed by atoms with Crippen molar-refractivity contribution < 1.29 is 27.8 Å². The molecule has 0 saturated heterocycles. The van der Waals surface area contributed by atoms with Crippen molar-refractivity contribution in [3.05, 3.63) is 35.6 Å². The quantitative estimate of drug-likeness (QED) is 0.438. The molecule has 5 rings (SSSR count). The summed E-state index contributed by atoms with van der Waals surface area (Å²) >= 11 is 0. The predicted octanol–water partition coefficient (Wildman–Crippen LogP) is 7.07. The van der Waals surface area contributed by atoms with Crippen molar-refractivity contribution >= 4 is 0 Å². The van der Waals surface area contributed by atoms with E-state index in [4.69, 9.17) is 0 Å². The molecule has 0 aromatic heterocycles. The van der Waals surface area contributed by atoms with Crippen molar-refractivity contribution in [2.24, 2.45) is 40.4 Å². The highest BCUT2D eigenvalue weighted by Gasteiger charge is 2.68. The number of rotatable bonds is 4. The number of fused-ring (bicyclic) bond motifs is 5. The predicted molar refractivity (Wildman–Crippen MR) is 127 cm³/mol. The molecule has 196 valence electrons. The van der Waals surface area contributed by atoms with E-state index in [1.54, 1.807) is 0 Å². The molecular weight excluding hydrogens is 456 g/mol. The van der Waals surface area contributed by atoms with Crippen LogP contribution in [-0.2, 0) is 6.42 Å². The molecule has 0 amide bonds. The highest BCUT2D eigenvalue weighted by atomic mass is 19.4. The summed E-state index contributed by atoms with van der Waals surface area (Å²) in [7, 11) is 0. The van der Waals surface area contributed by atoms with Gasteiger partial charge < -0.3 is 10.2 Å². The average Bonchev–Trinajstić information content (AvgIpc) is 3.16. The molecule has 4 aliphatic carbocycles. The first-order chi connectivity index (χ1) is 16.4. The lowest BCUT2D eigenvalue weighted by molar-refractivity contribution is -0.296. The zero-order chi connectivity index (χ0) is 25.2. The number of aryl methyl sites for hydroxylation is 1. The van der Waals surface area contributed by atoms with Crippen LogP contribution in [0.4, 0.5) is 17.6 Å². The van der Waals surface area contributed by atoms with Crippen LogP contribution >= 0.6 is 0 Å². The molecule has 2 unspecified atom stereocenters. The minimum Gasteiger partial charge on any atom is -0.393 e. The Morgan fingerprint density at radius 3 is 2.23 bits per heavy atom. The summed E-state index contributed by atoms with van der Waals surface area (Å²) < 4.78 is 57.0. The first kappa shape index (κ1) is 25.5. The van der Waals surface area contributed by atoms with Gasteiger partial charge in [-0.15, -0.1) is 0 Å².